The van der Waals surface area contributed by atoms with Gasteiger partial charge in [0.15, 0.2) is 0 Å². The zero-order valence-electron chi connectivity index (χ0n) is 9.66. The lowest BCUT2D eigenvalue weighted by Crippen LogP contribution is -2.23. The Morgan fingerprint density at radius 3 is 2.88 bits per heavy atom. The van der Waals surface area contributed by atoms with Crippen molar-refractivity contribution in [2.24, 2.45) is 5.41 Å². The lowest BCUT2D eigenvalue weighted by atomic mass is 10.0. The van der Waals surface area contributed by atoms with Crippen LogP contribution in [0.15, 0.2) is 18.3 Å². The maximum absolute atomic E-state index is 8.70. The molecule has 3 heteroatoms. The molecule has 1 N–H and O–H groups in total. The quantitative estimate of drug-likeness (QED) is 0.819. The van der Waals surface area contributed by atoms with Crippen LogP contribution in [0.4, 0.5) is 0 Å². The van der Waals surface area contributed by atoms with Gasteiger partial charge in [-0.15, -0.1) is 0 Å². The van der Waals surface area contributed by atoms with Gasteiger partial charge in [-0.1, -0.05) is 6.07 Å². The van der Waals surface area contributed by atoms with Crippen molar-refractivity contribution in [3.05, 3.63) is 29.6 Å². The smallest absolute Gasteiger partial charge is 0.0628 e. The standard InChI is InChI=1S/C13H17N3/c1-11-2-3-12(9-16-11)8-15-10-13(4-5-13)6-7-14/h2-3,9,15H,4-6,8,10H2,1H3. The van der Waals surface area contributed by atoms with E-state index in [0.29, 0.717) is 6.42 Å². The Hall–Kier alpha value is -1.40. The maximum atomic E-state index is 8.70. The zero-order valence-corrected chi connectivity index (χ0v) is 9.66. The Morgan fingerprint density at radius 1 is 1.50 bits per heavy atom. The third kappa shape index (κ3) is 2.80. The van der Waals surface area contributed by atoms with Gasteiger partial charge >= 0.3 is 0 Å². The fourth-order valence-electron chi connectivity index (χ4n) is 1.84. The first kappa shape index (κ1) is 11.1. The fourth-order valence-corrected chi connectivity index (χ4v) is 1.84. The summed E-state index contributed by atoms with van der Waals surface area (Å²) in [5, 5.41) is 12.1. The average Bonchev–Trinajstić information content (AvgIpc) is 3.02. The molecule has 0 atom stereocenters. The molecule has 1 aliphatic carbocycles. The second-order valence-electron chi connectivity index (χ2n) is 4.75. The van der Waals surface area contributed by atoms with E-state index in [9.17, 15) is 0 Å². The topological polar surface area (TPSA) is 48.7 Å². The summed E-state index contributed by atoms with van der Waals surface area (Å²) >= 11 is 0. The summed E-state index contributed by atoms with van der Waals surface area (Å²) in [6, 6.07) is 6.40. The van der Waals surface area contributed by atoms with E-state index >= 15 is 0 Å². The van der Waals surface area contributed by atoms with E-state index < -0.39 is 0 Å². The molecule has 0 radical (unpaired) electrons. The first-order valence-corrected chi connectivity index (χ1v) is 5.73. The number of nitrogens with one attached hydrogen (secondary N) is 1. The van der Waals surface area contributed by atoms with Gasteiger partial charge in [-0.3, -0.25) is 4.98 Å². The molecular weight excluding hydrogens is 198 g/mol. The third-order valence-corrected chi connectivity index (χ3v) is 3.21. The van der Waals surface area contributed by atoms with Crippen molar-refractivity contribution in [3.63, 3.8) is 0 Å². The SMILES string of the molecule is Cc1ccc(CNCC2(CC#N)CC2)cn1. The van der Waals surface area contributed by atoms with Gasteiger partial charge in [0.25, 0.3) is 0 Å². The fraction of sp³-hybridized carbons (Fsp3) is 0.538. The predicted octanol–water partition coefficient (Wildman–Crippen LogP) is 2.17. The third-order valence-electron chi connectivity index (χ3n) is 3.21. The van der Waals surface area contributed by atoms with Crippen molar-refractivity contribution >= 4 is 0 Å². The summed E-state index contributed by atoms with van der Waals surface area (Å²) < 4.78 is 0. The van der Waals surface area contributed by atoms with Crippen LogP contribution in [-0.2, 0) is 6.54 Å². The van der Waals surface area contributed by atoms with Crippen LogP contribution in [0.25, 0.3) is 0 Å². The highest BCUT2D eigenvalue weighted by molar-refractivity contribution is 5.13. The highest BCUT2D eigenvalue weighted by atomic mass is 14.9. The number of hydrogen-bond donors (Lipinski definition) is 1. The summed E-state index contributed by atoms with van der Waals surface area (Å²) in [7, 11) is 0. The molecule has 0 bridgehead atoms. The second-order valence-corrected chi connectivity index (χ2v) is 4.75. The second kappa shape index (κ2) is 4.63. The van der Waals surface area contributed by atoms with Crippen molar-refractivity contribution in [2.75, 3.05) is 6.54 Å². The van der Waals surface area contributed by atoms with Gasteiger partial charge in [-0.25, -0.2) is 0 Å². The summed E-state index contributed by atoms with van der Waals surface area (Å²) in [4.78, 5) is 4.25. The molecule has 0 amide bonds. The minimum Gasteiger partial charge on any atom is -0.312 e. The van der Waals surface area contributed by atoms with Crippen molar-refractivity contribution in [3.8, 4) is 6.07 Å². The van der Waals surface area contributed by atoms with Crippen LogP contribution in [0.1, 0.15) is 30.5 Å². The molecule has 0 aliphatic heterocycles. The van der Waals surface area contributed by atoms with Crippen molar-refractivity contribution in [2.45, 2.75) is 32.7 Å². The Balaban J connectivity index is 1.76. The van der Waals surface area contributed by atoms with E-state index in [1.165, 1.54) is 18.4 Å². The number of aryl methyl sites for hydroxylation is 1. The largest absolute Gasteiger partial charge is 0.312 e. The first-order chi connectivity index (χ1) is 7.74. The lowest BCUT2D eigenvalue weighted by Gasteiger charge is -2.11. The zero-order chi connectivity index (χ0) is 11.4. The van der Waals surface area contributed by atoms with Crippen LogP contribution in [0.5, 0.6) is 0 Å². The van der Waals surface area contributed by atoms with E-state index in [4.69, 9.17) is 5.26 Å². The molecule has 1 heterocycles. The van der Waals surface area contributed by atoms with Crippen LogP contribution in [0.3, 0.4) is 0 Å². The van der Waals surface area contributed by atoms with E-state index in [-0.39, 0.29) is 5.41 Å². The number of hydrogen-bond acceptors (Lipinski definition) is 3. The molecule has 16 heavy (non-hydrogen) atoms. The van der Waals surface area contributed by atoms with E-state index in [1.54, 1.807) is 0 Å². The van der Waals surface area contributed by atoms with Crippen LogP contribution in [-0.4, -0.2) is 11.5 Å². The Bertz CT molecular complexity index is 385. The Labute approximate surface area is 96.5 Å². The lowest BCUT2D eigenvalue weighted by molar-refractivity contribution is 0.466. The summed E-state index contributed by atoms with van der Waals surface area (Å²) in [5.41, 5.74) is 2.54. The number of rotatable bonds is 5. The summed E-state index contributed by atoms with van der Waals surface area (Å²) in [6.07, 6.45) is 4.98. The highest BCUT2D eigenvalue weighted by Gasteiger charge is 2.41. The van der Waals surface area contributed by atoms with E-state index in [0.717, 1.165) is 18.8 Å². The maximum Gasteiger partial charge on any atom is 0.0628 e. The van der Waals surface area contributed by atoms with Crippen molar-refractivity contribution < 1.29 is 0 Å². The minimum atomic E-state index is 0.285. The molecule has 1 aromatic heterocycles. The normalized spacial score (nSPS) is 16.8. The van der Waals surface area contributed by atoms with Gasteiger partial charge in [0, 0.05) is 31.4 Å². The van der Waals surface area contributed by atoms with Gasteiger partial charge in [0.1, 0.15) is 0 Å². The molecular formula is C13H17N3. The highest BCUT2D eigenvalue weighted by Crippen LogP contribution is 2.47. The molecule has 2 rings (SSSR count). The number of nitriles is 1. The van der Waals surface area contributed by atoms with Gasteiger partial charge in [-0.2, -0.15) is 5.26 Å². The van der Waals surface area contributed by atoms with Crippen LogP contribution in [0, 0.1) is 23.7 Å². The molecule has 0 spiro atoms. The molecule has 1 aromatic rings. The molecule has 3 nitrogen and oxygen atoms in total. The van der Waals surface area contributed by atoms with E-state index in [1.807, 2.05) is 19.2 Å². The molecule has 0 saturated heterocycles. The monoisotopic (exact) mass is 215 g/mol. The predicted molar refractivity (Wildman–Crippen MR) is 62.6 cm³/mol. The number of nitrogens with zero attached hydrogens (tertiary/aromatic N) is 2. The first-order valence-electron chi connectivity index (χ1n) is 5.73. The molecule has 1 fully saturated rings. The Morgan fingerprint density at radius 2 is 2.31 bits per heavy atom. The van der Waals surface area contributed by atoms with Gasteiger partial charge in [0.2, 0.25) is 0 Å². The van der Waals surface area contributed by atoms with Crippen LogP contribution in [0.2, 0.25) is 0 Å². The molecule has 1 aliphatic rings. The van der Waals surface area contributed by atoms with E-state index in [2.05, 4.69) is 22.4 Å². The number of pyridine rings is 1. The van der Waals surface area contributed by atoms with Crippen molar-refractivity contribution in [1.82, 2.24) is 10.3 Å². The average molecular weight is 215 g/mol. The Kier molecular flexibility index (Phi) is 3.21. The number of aromatic nitrogens is 1. The minimum absolute atomic E-state index is 0.285. The summed E-state index contributed by atoms with van der Waals surface area (Å²) in [5.74, 6) is 0. The van der Waals surface area contributed by atoms with Gasteiger partial charge in [0.05, 0.1) is 6.07 Å². The molecule has 1 saturated carbocycles. The summed E-state index contributed by atoms with van der Waals surface area (Å²) in [6.45, 7) is 3.79. The van der Waals surface area contributed by atoms with Gasteiger partial charge < -0.3 is 5.32 Å². The van der Waals surface area contributed by atoms with Crippen LogP contribution < -0.4 is 5.32 Å². The van der Waals surface area contributed by atoms with Gasteiger partial charge in [-0.05, 0) is 36.8 Å². The molecule has 84 valence electrons. The molecule has 0 unspecified atom stereocenters. The van der Waals surface area contributed by atoms with Crippen molar-refractivity contribution in [1.29, 1.82) is 5.26 Å². The molecule has 0 aromatic carbocycles. The van der Waals surface area contributed by atoms with Crippen LogP contribution >= 0.6 is 0 Å².